The van der Waals surface area contributed by atoms with E-state index in [1.807, 2.05) is 23.1 Å². The Bertz CT molecular complexity index is 1320. The molecule has 3 aromatic rings. The lowest BCUT2D eigenvalue weighted by atomic mass is 9.93. The van der Waals surface area contributed by atoms with Crippen molar-refractivity contribution in [2.75, 3.05) is 26.2 Å². The van der Waals surface area contributed by atoms with Gasteiger partial charge in [0.25, 0.3) is 0 Å². The Labute approximate surface area is 215 Å². The quantitative estimate of drug-likeness (QED) is 0.559. The molecule has 6 rings (SSSR count). The highest BCUT2D eigenvalue weighted by Gasteiger charge is 2.36. The molecule has 194 valence electrons. The van der Waals surface area contributed by atoms with Crippen LogP contribution in [0.4, 0.5) is 4.79 Å². The number of rotatable bonds is 5. The summed E-state index contributed by atoms with van der Waals surface area (Å²) in [4.78, 5) is 50.2. The SMILES string of the molecule is O=C(NC1CCC(c2ccccc2)CN(CC2CC2)C1=O)N1CCC(n2c(=O)[nH]c3ncccc32)CC1. The van der Waals surface area contributed by atoms with Gasteiger partial charge in [-0.3, -0.25) is 14.3 Å². The van der Waals surface area contributed by atoms with Crippen LogP contribution < -0.4 is 11.0 Å². The number of aromatic nitrogens is 3. The summed E-state index contributed by atoms with van der Waals surface area (Å²) in [6, 6.07) is 13.5. The molecular formula is C28H34N6O3. The topological polar surface area (TPSA) is 103 Å². The number of nitrogens with zero attached hydrogens (tertiary/aromatic N) is 4. The fraction of sp³-hybridized carbons (Fsp3) is 0.500. The third kappa shape index (κ3) is 4.99. The maximum Gasteiger partial charge on any atom is 0.327 e. The van der Waals surface area contributed by atoms with E-state index in [2.05, 4.69) is 39.6 Å². The first-order valence-corrected chi connectivity index (χ1v) is 13.5. The fourth-order valence-corrected chi connectivity index (χ4v) is 5.96. The molecule has 2 N–H and O–H groups in total. The summed E-state index contributed by atoms with van der Waals surface area (Å²) in [6.07, 6.45) is 6.89. The zero-order chi connectivity index (χ0) is 25.4. The number of H-pyrrole nitrogens is 1. The number of fused-ring (bicyclic) bond motifs is 1. The van der Waals surface area contributed by atoms with Crippen molar-refractivity contribution < 1.29 is 9.59 Å². The standard InChI is InChI=1S/C28H34N6O3/c35-26-23(11-10-21(20-5-2-1-3-6-20)18-33(26)17-19-8-9-19)30-27(36)32-15-12-22(13-16-32)34-24-7-4-14-29-25(24)31-28(34)37/h1-7,14,19,21-23H,8-13,15-18H2,(H,30,36)(H,29,31,37). The molecule has 0 bridgehead atoms. The van der Waals surface area contributed by atoms with Gasteiger partial charge in [0, 0.05) is 44.3 Å². The molecule has 3 aliphatic rings. The zero-order valence-corrected chi connectivity index (χ0v) is 21.0. The number of imidazole rings is 1. The van der Waals surface area contributed by atoms with E-state index in [9.17, 15) is 14.4 Å². The van der Waals surface area contributed by atoms with Crippen LogP contribution in [-0.2, 0) is 4.79 Å². The Morgan fingerprint density at radius 2 is 1.76 bits per heavy atom. The van der Waals surface area contributed by atoms with Crippen molar-refractivity contribution in [1.82, 2.24) is 29.7 Å². The monoisotopic (exact) mass is 502 g/mol. The smallest absolute Gasteiger partial charge is 0.327 e. The second-order valence-corrected chi connectivity index (χ2v) is 10.8. The van der Waals surface area contributed by atoms with Crippen molar-refractivity contribution in [1.29, 1.82) is 0 Å². The first-order valence-electron chi connectivity index (χ1n) is 13.5. The van der Waals surface area contributed by atoms with Gasteiger partial charge in [-0.05, 0) is 62.1 Å². The second kappa shape index (κ2) is 10.0. The van der Waals surface area contributed by atoms with Crippen molar-refractivity contribution in [3.05, 3.63) is 64.7 Å². The normalized spacial score (nSPS) is 23.3. The summed E-state index contributed by atoms with van der Waals surface area (Å²) < 4.78 is 1.77. The van der Waals surface area contributed by atoms with Crippen LogP contribution in [0.2, 0.25) is 0 Å². The van der Waals surface area contributed by atoms with Gasteiger partial charge in [-0.2, -0.15) is 0 Å². The maximum atomic E-state index is 13.5. The molecule has 2 saturated heterocycles. The molecule has 1 aromatic carbocycles. The molecular weight excluding hydrogens is 468 g/mol. The van der Waals surface area contributed by atoms with E-state index in [-0.39, 0.29) is 29.6 Å². The van der Waals surface area contributed by atoms with Gasteiger partial charge in [-0.15, -0.1) is 0 Å². The number of aromatic amines is 1. The van der Waals surface area contributed by atoms with Crippen molar-refractivity contribution in [2.45, 2.75) is 56.5 Å². The molecule has 3 amide bonds. The average Bonchev–Trinajstić information content (AvgIpc) is 3.70. The minimum atomic E-state index is -0.500. The number of benzene rings is 1. The van der Waals surface area contributed by atoms with Gasteiger partial charge in [0.05, 0.1) is 5.52 Å². The van der Waals surface area contributed by atoms with Crippen molar-refractivity contribution in [3.63, 3.8) is 0 Å². The minimum absolute atomic E-state index is 0.00896. The van der Waals surface area contributed by atoms with E-state index in [1.165, 1.54) is 18.4 Å². The van der Waals surface area contributed by atoms with Crippen LogP contribution in [0, 0.1) is 5.92 Å². The Kier molecular flexibility index (Phi) is 6.44. The third-order valence-electron chi connectivity index (χ3n) is 8.21. The van der Waals surface area contributed by atoms with E-state index >= 15 is 0 Å². The molecule has 3 fully saturated rings. The number of piperidine rings is 1. The first-order chi connectivity index (χ1) is 18.1. The number of urea groups is 1. The largest absolute Gasteiger partial charge is 0.340 e. The van der Waals surface area contributed by atoms with Gasteiger partial charge in [-0.1, -0.05) is 30.3 Å². The zero-order valence-electron chi connectivity index (χ0n) is 21.0. The Morgan fingerprint density at radius 3 is 2.51 bits per heavy atom. The Hall–Kier alpha value is -3.62. The molecule has 4 heterocycles. The number of carbonyl (C=O) groups excluding carboxylic acids is 2. The lowest BCUT2D eigenvalue weighted by molar-refractivity contribution is -0.133. The second-order valence-electron chi connectivity index (χ2n) is 10.8. The van der Waals surface area contributed by atoms with E-state index < -0.39 is 6.04 Å². The van der Waals surface area contributed by atoms with Crippen molar-refractivity contribution in [2.24, 2.45) is 5.92 Å². The van der Waals surface area contributed by atoms with E-state index in [0.717, 1.165) is 18.5 Å². The van der Waals surface area contributed by atoms with Crippen LogP contribution in [-0.4, -0.2) is 68.5 Å². The molecule has 9 nitrogen and oxygen atoms in total. The molecule has 2 atom stereocenters. The van der Waals surface area contributed by atoms with Gasteiger partial charge in [0.1, 0.15) is 6.04 Å². The Morgan fingerprint density at radius 1 is 0.973 bits per heavy atom. The maximum absolute atomic E-state index is 13.5. The molecule has 37 heavy (non-hydrogen) atoms. The highest BCUT2D eigenvalue weighted by Crippen LogP contribution is 2.33. The van der Waals surface area contributed by atoms with Crippen LogP contribution in [0.1, 0.15) is 56.0 Å². The molecule has 2 unspecified atom stereocenters. The number of pyridine rings is 1. The molecule has 2 aliphatic heterocycles. The van der Waals surface area contributed by atoms with Gasteiger partial charge < -0.3 is 15.1 Å². The number of hydrogen-bond donors (Lipinski definition) is 2. The highest BCUT2D eigenvalue weighted by molar-refractivity contribution is 5.87. The van der Waals surface area contributed by atoms with Crippen LogP contribution in [0.5, 0.6) is 0 Å². The molecule has 9 heteroatoms. The molecule has 2 aromatic heterocycles. The van der Waals surface area contributed by atoms with E-state index in [0.29, 0.717) is 50.5 Å². The van der Waals surface area contributed by atoms with E-state index in [1.54, 1.807) is 15.7 Å². The summed E-state index contributed by atoms with van der Waals surface area (Å²) >= 11 is 0. The predicted octanol–water partition coefficient (Wildman–Crippen LogP) is 3.26. The van der Waals surface area contributed by atoms with Crippen LogP contribution in [0.25, 0.3) is 11.2 Å². The molecule has 0 radical (unpaired) electrons. The number of nitrogens with one attached hydrogen (secondary N) is 2. The van der Waals surface area contributed by atoms with Gasteiger partial charge in [0.2, 0.25) is 5.91 Å². The lowest BCUT2D eigenvalue weighted by Gasteiger charge is -2.34. The van der Waals surface area contributed by atoms with Crippen LogP contribution in [0.3, 0.4) is 0 Å². The number of amides is 3. The summed E-state index contributed by atoms with van der Waals surface area (Å²) in [5.74, 6) is 0.925. The van der Waals surface area contributed by atoms with Crippen LogP contribution in [0.15, 0.2) is 53.5 Å². The molecule has 0 spiro atoms. The Balaban J connectivity index is 1.11. The van der Waals surface area contributed by atoms with Gasteiger partial charge in [-0.25, -0.2) is 14.6 Å². The van der Waals surface area contributed by atoms with E-state index in [4.69, 9.17) is 0 Å². The first kappa shape index (κ1) is 23.8. The minimum Gasteiger partial charge on any atom is -0.340 e. The summed E-state index contributed by atoms with van der Waals surface area (Å²) in [5, 5.41) is 3.08. The highest BCUT2D eigenvalue weighted by atomic mass is 16.2. The molecule has 1 saturated carbocycles. The van der Waals surface area contributed by atoms with Gasteiger partial charge in [0.15, 0.2) is 5.65 Å². The third-order valence-corrected chi connectivity index (χ3v) is 8.21. The summed E-state index contributed by atoms with van der Waals surface area (Å²) in [7, 11) is 0. The number of carbonyl (C=O) groups is 2. The predicted molar refractivity (Wildman–Crippen MR) is 140 cm³/mol. The van der Waals surface area contributed by atoms with Crippen molar-refractivity contribution >= 4 is 23.1 Å². The summed E-state index contributed by atoms with van der Waals surface area (Å²) in [6.45, 7) is 2.57. The average molecular weight is 503 g/mol. The van der Waals surface area contributed by atoms with Gasteiger partial charge >= 0.3 is 11.7 Å². The number of likely N-dealkylation sites (tertiary alicyclic amines) is 2. The molecule has 1 aliphatic carbocycles. The fourth-order valence-electron chi connectivity index (χ4n) is 5.96. The lowest BCUT2D eigenvalue weighted by Crippen LogP contribution is -2.53. The number of hydrogen-bond acceptors (Lipinski definition) is 4. The van der Waals surface area contributed by atoms with Crippen molar-refractivity contribution in [3.8, 4) is 0 Å². The summed E-state index contributed by atoms with van der Waals surface area (Å²) in [5.41, 5.74) is 2.48. The van der Waals surface area contributed by atoms with Crippen LogP contribution >= 0.6 is 0 Å².